The van der Waals surface area contributed by atoms with Gasteiger partial charge < -0.3 is 10.2 Å². The highest BCUT2D eigenvalue weighted by Crippen LogP contribution is 1.99. The summed E-state index contributed by atoms with van der Waals surface area (Å²) in [6.07, 6.45) is 0.841. The lowest BCUT2D eigenvalue weighted by molar-refractivity contribution is -0.118. The summed E-state index contributed by atoms with van der Waals surface area (Å²) < 4.78 is 0. The molecule has 3 nitrogen and oxygen atoms in total. The molecule has 1 rings (SSSR count). The van der Waals surface area contributed by atoms with Gasteiger partial charge in [-0.3, -0.25) is 4.79 Å². The minimum atomic E-state index is -0.110. The molecule has 0 spiro atoms. The first kappa shape index (κ1) is 12.3. The zero-order valence-corrected chi connectivity index (χ0v) is 9.86. The molecule has 0 fully saturated rings. The average molecular weight is 218 g/mol. The fourth-order valence-electron chi connectivity index (χ4n) is 1.27. The van der Waals surface area contributed by atoms with Crippen LogP contribution in [0.4, 0.5) is 0 Å². The summed E-state index contributed by atoms with van der Waals surface area (Å²) >= 11 is 0. The van der Waals surface area contributed by atoms with E-state index in [-0.39, 0.29) is 5.91 Å². The van der Waals surface area contributed by atoms with Crippen molar-refractivity contribution in [3.05, 3.63) is 48.2 Å². The molecule has 0 atom stereocenters. The summed E-state index contributed by atoms with van der Waals surface area (Å²) in [5, 5.41) is 2.83. The van der Waals surface area contributed by atoms with Crippen LogP contribution in [-0.4, -0.2) is 31.4 Å². The van der Waals surface area contributed by atoms with Crippen LogP contribution in [0, 0.1) is 0 Å². The zero-order chi connectivity index (χ0) is 12.0. The van der Waals surface area contributed by atoms with Gasteiger partial charge >= 0.3 is 0 Å². The largest absolute Gasteiger partial charge is 0.374 e. The minimum absolute atomic E-state index is 0.110. The Bertz CT molecular complexity index is 357. The van der Waals surface area contributed by atoms with Gasteiger partial charge in [0.15, 0.2) is 0 Å². The Kier molecular flexibility index (Phi) is 4.58. The van der Waals surface area contributed by atoms with E-state index in [4.69, 9.17) is 0 Å². The molecule has 0 aliphatic rings. The van der Waals surface area contributed by atoms with Gasteiger partial charge in [-0.25, -0.2) is 0 Å². The average Bonchev–Trinajstić information content (AvgIpc) is 2.29. The Labute approximate surface area is 96.8 Å². The predicted octanol–water partition coefficient (Wildman–Crippen LogP) is 1.42. The quantitative estimate of drug-likeness (QED) is 0.758. The number of carbonyl (C=O) groups is 1. The molecule has 16 heavy (non-hydrogen) atoms. The van der Waals surface area contributed by atoms with E-state index in [0.717, 1.165) is 6.42 Å². The molecule has 0 aliphatic carbocycles. The van der Waals surface area contributed by atoms with Crippen molar-refractivity contribution >= 4 is 5.91 Å². The molecule has 0 radical (unpaired) electrons. The van der Waals surface area contributed by atoms with Crippen LogP contribution >= 0.6 is 0 Å². The second kappa shape index (κ2) is 5.95. The number of nitrogens with zero attached hydrogens (tertiary/aromatic N) is 1. The number of amides is 1. The summed E-state index contributed by atoms with van der Waals surface area (Å²) in [5.74, 6) is -0.110. The van der Waals surface area contributed by atoms with E-state index < -0.39 is 0 Å². The Morgan fingerprint density at radius 1 is 1.31 bits per heavy atom. The lowest BCUT2D eigenvalue weighted by Gasteiger charge is -2.14. The molecule has 3 heteroatoms. The van der Waals surface area contributed by atoms with Gasteiger partial charge in [-0.2, -0.15) is 0 Å². The van der Waals surface area contributed by atoms with E-state index in [2.05, 4.69) is 11.9 Å². The standard InChI is InChI=1S/C13H18N2O/c1-11(15(2)3)13(16)14-10-9-12-7-5-4-6-8-12/h4-8H,1,9-10H2,2-3H3,(H,14,16). The van der Waals surface area contributed by atoms with E-state index in [1.165, 1.54) is 5.56 Å². The van der Waals surface area contributed by atoms with Crippen LogP contribution < -0.4 is 5.32 Å². The van der Waals surface area contributed by atoms with Gasteiger partial charge in [0.1, 0.15) is 0 Å². The summed E-state index contributed by atoms with van der Waals surface area (Å²) in [4.78, 5) is 13.2. The third-order valence-corrected chi connectivity index (χ3v) is 2.34. The zero-order valence-electron chi connectivity index (χ0n) is 9.86. The number of nitrogens with one attached hydrogen (secondary N) is 1. The Morgan fingerprint density at radius 3 is 2.50 bits per heavy atom. The molecule has 1 aromatic rings. The van der Waals surface area contributed by atoms with Crippen LogP contribution in [0.1, 0.15) is 5.56 Å². The molecular weight excluding hydrogens is 200 g/mol. The number of carbonyl (C=O) groups excluding carboxylic acids is 1. The van der Waals surface area contributed by atoms with Crippen molar-refractivity contribution in [3.63, 3.8) is 0 Å². The normalized spacial score (nSPS) is 9.62. The van der Waals surface area contributed by atoms with Crippen LogP contribution in [0.3, 0.4) is 0 Å². The van der Waals surface area contributed by atoms with Gasteiger partial charge in [-0.1, -0.05) is 36.9 Å². The molecule has 1 aromatic carbocycles. The van der Waals surface area contributed by atoms with Crippen molar-refractivity contribution in [3.8, 4) is 0 Å². The fourth-order valence-corrected chi connectivity index (χ4v) is 1.27. The molecule has 0 aliphatic heterocycles. The Balaban J connectivity index is 2.31. The van der Waals surface area contributed by atoms with Gasteiger partial charge in [-0.15, -0.1) is 0 Å². The third-order valence-electron chi connectivity index (χ3n) is 2.34. The molecule has 0 saturated heterocycles. The lowest BCUT2D eigenvalue weighted by atomic mass is 10.1. The molecule has 1 N–H and O–H groups in total. The molecule has 86 valence electrons. The maximum atomic E-state index is 11.5. The van der Waals surface area contributed by atoms with Gasteiger partial charge in [0, 0.05) is 20.6 Å². The summed E-state index contributed by atoms with van der Waals surface area (Å²) in [7, 11) is 3.61. The van der Waals surface area contributed by atoms with Crippen LogP contribution in [0.2, 0.25) is 0 Å². The van der Waals surface area contributed by atoms with Crippen molar-refractivity contribution in [2.45, 2.75) is 6.42 Å². The van der Waals surface area contributed by atoms with Crippen LogP contribution in [-0.2, 0) is 11.2 Å². The molecular formula is C13H18N2O. The maximum absolute atomic E-state index is 11.5. The topological polar surface area (TPSA) is 32.3 Å². The van der Waals surface area contributed by atoms with Crippen molar-refractivity contribution < 1.29 is 4.79 Å². The Hall–Kier alpha value is -1.77. The number of benzene rings is 1. The van der Waals surface area contributed by atoms with Gasteiger partial charge in [0.25, 0.3) is 5.91 Å². The van der Waals surface area contributed by atoms with E-state index in [1.54, 1.807) is 19.0 Å². The molecule has 1 amide bonds. The summed E-state index contributed by atoms with van der Waals surface area (Å²) in [5.41, 5.74) is 1.70. The monoisotopic (exact) mass is 218 g/mol. The lowest BCUT2D eigenvalue weighted by Crippen LogP contribution is -2.32. The highest BCUT2D eigenvalue weighted by atomic mass is 16.2. The minimum Gasteiger partial charge on any atom is -0.374 e. The summed E-state index contributed by atoms with van der Waals surface area (Å²) in [6, 6.07) is 10.1. The first-order chi connectivity index (χ1) is 7.61. The number of hydrogen-bond donors (Lipinski definition) is 1. The molecule has 0 saturated carbocycles. The van der Waals surface area contributed by atoms with E-state index in [9.17, 15) is 4.79 Å². The van der Waals surface area contributed by atoms with Gasteiger partial charge in [0.2, 0.25) is 0 Å². The first-order valence-electron chi connectivity index (χ1n) is 5.29. The number of likely N-dealkylation sites (N-methyl/N-ethyl adjacent to an activating group) is 1. The fraction of sp³-hybridized carbons (Fsp3) is 0.308. The second-order valence-electron chi connectivity index (χ2n) is 3.83. The van der Waals surface area contributed by atoms with Crippen molar-refractivity contribution in [1.29, 1.82) is 0 Å². The van der Waals surface area contributed by atoms with Crippen LogP contribution in [0.5, 0.6) is 0 Å². The second-order valence-corrected chi connectivity index (χ2v) is 3.83. The highest BCUT2D eigenvalue weighted by Gasteiger charge is 2.07. The molecule has 0 bridgehead atoms. The molecule has 0 aromatic heterocycles. The van der Waals surface area contributed by atoms with E-state index in [0.29, 0.717) is 12.2 Å². The maximum Gasteiger partial charge on any atom is 0.266 e. The number of hydrogen-bond acceptors (Lipinski definition) is 2. The van der Waals surface area contributed by atoms with Crippen molar-refractivity contribution in [2.75, 3.05) is 20.6 Å². The highest BCUT2D eigenvalue weighted by molar-refractivity contribution is 5.91. The summed E-state index contributed by atoms with van der Waals surface area (Å²) in [6.45, 7) is 4.33. The third kappa shape index (κ3) is 3.77. The first-order valence-corrected chi connectivity index (χ1v) is 5.29. The van der Waals surface area contributed by atoms with Gasteiger partial charge in [0.05, 0.1) is 5.70 Å². The number of rotatable bonds is 5. The predicted molar refractivity (Wildman–Crippen MR) is 66.0 cm³/mol. The molecule has 0 heterocycles. The SMILES string of the molecule is C=C(C(=O)NCCc1ccccc1)N(C)C. The van der Waals surface area contributed by atoms with E-state index in [1.807, 2.05) is 30.3 Å². The Morgan fingerprint density at radius 2 is 1.94 bits per heavy atom. The van der Waals surface area contributed by atoms with Crippen LogP contribution in [0.15, 0.2) is 42.6 Å². The van der Waals surface area contributed by atoms with Crippen molar-refractivity contribution in [2.24, 2.45) is 0 Å². The van der Waals surface area contributed by atoms with Crippen LogP contribution in [0.25, 0.3) is 0 Å². The van der Waals surface area contributed by atoms with E-state index >= 15 is 0 Å². The molecule has 0 unspecified atom stereocenters. The van der Waals surface area contributed by atoms with Crippen molar-refractivity contribution in [1.82, 2.24) is 10.2 Å². The van der Waals surface area contributed by atoms with Gasteiger partial charge in [-0.05, 0) is 12.0 Å². The smallest absolute Gasteiger partial charge is 0.266 e.